The van der Waals surface area contributed by atoms with Crippen LogP contribution in [0.2, 0.25) is 0 Å². The molecule has 1 amide bonds. The molecule has 8 nitrogen and oxygen atoms in total. The van der Waals surface area contributed by atoms with Gasteiger partial charge in [0.1, 0.15) is 6.54 Å². The molecule has 1 saturated heterocycles. The van der Waals surface area contributed by atoms with Crippen molar-refractivity contribution in [2.24, 2.45) is 5.92 Å². The van der Waals surface area contributed by atoms with Crippen LogP contribution in [0.15, 0.2) is 53.5 Å². The zero-order valence-corrected chi connectivity index (χ0v) is 15.8. The summed E-state index contributed by atoms with van der Waals surface area (Å²) >= 11 is 0. The molecule has 2 N–H and O–H groups in total. The molecule has 1 aromatic carbocycles. The number of piperidine rings is 1. The third-order valence-electron chi connectivity index (χ3n) is 6.18. The van der Waals surface area contributed by atoms with Crippen molar-refractivity contribution in [3.8, 4) is 0 Å². The second kappa shape index (κ2) is 6.84. The van der Waals surface area contributed by atoms with E-state index >= 15 is 0 Å². The predicted molar refractivity (Wildman–Crippen MR) is 106 cm³/mol. The van der Waals surface area contributed by atoms with Gasteiger partial charge in [-0.15, -0.1) is 0 Å². The van der Waals surface area contributed by atoms with E-state index in [0.717, 1.165) is 17.6 Å². The Labute approximate surface area is 166 Å². The molecule has 3 unspecified atom stereocenters. The maximum atomic E-state index is 13.1. The molecule has 2 aliphatic heterocycles. The van der Waals surface area contributed by atoms with Crippen LogP contribution in [0.3, 0.4) is 0 Å². The number of hydrogen-bond acceptors (Lipinski definition) is 4. The zero-order valence-electron chi connectivity index (χ0n) is 15.8. The van der Waals surface area contributed by atoms with Crippen LogP contribution >= 0.6 is 0 Å². The summed E-state index contributed by atoms with van der Waals surface area (Å²) in [5, 5.41) is 20.4. The highest BCUT2D eigenvalue weighted by Gasteiger charge is 2.36. The maximum Gasteiger partial charge on any atom is 0.250 e. The van der Waals surface area contributed by atoms with Crippen molar-refractivity contribution in [3.05, 3.63) is 69.9 Å². The quantitative estimate of drug-likeness (QED) is 0.644. The number of fused-ring (bicyclic) bond motifs is 5. The molecule has 0 saturated carbocycles. The summed E-state index contributed by atoms with van der Waals surface area (Å²) in [6.07, 6.45) is 2.77. The molecule has 4 heterocycles. The molecular weight excluding hydrogens is 372 g/mol. The van der Waals surface area contributed by atoms with Gasteiger partial charge in [0.05, 0.1) is 10.9 Å². The number of amides is 1. The van der Waals surface area contributed by atoms with Gasteiger partial charge in [-0.25, -0.2) is 5.21 Å². The van der Waals surface area contributed by atoms with Gasteiger partial charge >= 0.3 is 0 Å². The number of pyridine rings is 1. The average Bonchev–Trinajstić information content (AvgIpc) is 3.11. The lowest BCUT2D eigenvalue weighted by Crippen LogP contribution is -2.99. The standard InChI is InChI=1S/C21H22N4O4/c26-20-6-2-3-17-15-9-14(11-24(17)20)10-23(12-15)21(27)13-22-8-7-16-18(22)4-1-5-19(16)25(28)29/h1-8,14-15,25,28H,9-13H2. The second-order valence-electron chi connectivity index (χ2n) is 7.98. The van der Waals surface area contributed by atoms with Crippen LogP contribution in [-0.2, 0) is 17.9 Å². The van der Waals surface area contributed by atoms with E-state index < -0.39 is 5.23 Å². The molecule has 5 rings (SSSR count). The van der Waals surface area contributed by atoms with Crippen molar-refractivity contribution in [2.45, 2.75) is 25.4 Å². The molecule has 29 heavy (non-hydrogen) atoms. The van der Waals surface area contributed by atoms with Crippen molar-refractivity contribution >= 4 is 22.5 Å². The summed E-state index contributed by atoms with van der Waals surface area (Å²) in [4.78, 5) is 27.1. The Bertz CT molecular complexity index is 1150. The fourth-order valence-corrected chi connectivity index (χ4v) is 4.89. The minimum absolute atomic E-state index is 0.0182. The normalized spacial score (nSPS) is 21.8. The number of nitrogens with zero attached hydrogens (tertiary/aromatic N) is 3. The van der Waals surface area contributed by atoms with Gasteiger partial charge in [0.2, 0.25) is 5.91 Å². The summed E-state index contributed by atoms with van der Waals surface area (Å²) in [5.41, 5.74) is 2.03. The number of carbonyl (C=O) groups excluding carboxylic acids is 1. The molecule has 0 spiro atoms. The molecule has 150 valence electrons. The molecule has 3 atom stereocenters. The summed E-state index contributed by atoms with van der Waals surface area (Å²) in [6, 6.07) is 12.2. The summed E-state index contributed by atoms with van der Waals surface area (Å²) < 4.78 is 3.67. The van der Waals surface area contributed by atoms with Crippen LogP contribution < -0.4 is 10.8 Å². The molecular formula is C21H22N4O4. The molecule has 2 bridgehead atoms. The number of likely N-dealkylation sites (tertiary alicyclic amines) is 1. The van der Waals surface area contributed by atoms with Gasteiger partial charge in [0, 0.05) is 49.6 Å². The fraction of sp³-hybridized carbons (Fsp3) is 0.333. The SMILES string of the molecule is O=C(Cn1ccc2c([NH+]([O-])O)cccc21)N1CC2CC(C1)c1cccc(=O)n1C2. The topological polar surface area (TPSA) is 95.0 Å². The molecule has 8 heteroatoms. The number of aromatic nitrogens is 2. The number of carbonyl (C=O) groups is 1. The molecule has 0 aliphatic carbocycles. The Hall–Kier alpha value is -2.94. The monoisotopic (exact) mass is 394 g/mol. The predicted octanol–water partition coefficient (Wildman–Crippen LogP) is 0.852. The van der Waals surface area contributed by atoms with Crippen LogP contribution in [0.1, 0.15) is 18.0 Å². The molecule has 1 fully saturated rings. The Morgan fingerprint density at radius 2 is 1.97 bits per heavy atom. The second-order valence-corrected chi connectivity index (χ2v) is 7.98. The van der Waals surface area contributed by atoms with Crippen molar-refractivity contribution in [2.75, 3.05) is 13.1 Å². The van der Waals surface area contributed by atoms with E-state index in [0.29, 0.717) is 25.0 Å². The van der Waals surface area contributed by atoms with E-state index in [1.807, 2.05) is 26.2 Å². The van der Waals surface area contributed by atoms with E-state index in [2.05, 4.69) is 0 Å². The van der Waals surface area contributed by atoms with Gasteiger partial charge in [-0.1, -0.05) is 12.1 Å². The zero-order chi connectivity index (χ0) is 20.1. The van der Waals surface area contributed by atoms with Gasteiger partial charge in [0.15, 0.2) is 5.69 Å². The van der Waals surface area contributed by atoms with Crippen LogP contribution in [0, 0.1) is 11.1 Å². The number of benzene rings is 1. The third-order valence-corrected chi connectivity index (χ3v) is 6.18. The van der Waals surface area contributed by atoms with E-state index in [1.165, 1.54) is 0 Å². The lowest BCUT2D eigenvalue weighted by molar-refractivity contribution is -0.990. The van der Waals surface area contributed by atoms with Gasteiger partial charge < -0.3 is 19.2 Å². The number of nitrogens with one attached hydrogen (secondary N) is 1. The highest BCUT2D eigenvalue weighted by molar-refractivity contribution is 5.90. The fourth-order valence-electron chi connectivity index (χ4n) is 4.89. The van der Waals surface area contributed by atoms with Crippen molar-refractivity contribution < 1.29 is 15.2 Å². The number of quaternary nitrogens is 1. The van der Waals surface area contributed by atoms with E-state index in [-0.39, 0.29) is 35.5 Å². The first-order valence-electron chi connectivity index (χ1n) is 9.80. The smallest absolute Gasteiger partial charge is 0.250 e. The first kappa shape index (κ1) is 18.1. The minimum atomic E-state index is -0.975. The van der Waals surface area contributed by atoms with E-state index in [1.54, 1.807) is 36.5 Å². The van der Waals surface area contributed by atoms with Crippen LogP contribution in [-0.4, -0.2) is 38.2 Å². The van der Waals surface area contributed by atoms with Gasteiger partial charge in [0.25, 0.3) is 5.56 Å². The Balaban J connectivity index is 1.38. The average molecular weight is 394 g/mol. The van der Waals surface area contributed by atoms with Crippen LogP contribution in [0.25, 0.3) is 10.9 Å². The lowest BCUT2D eigenvalue weighted by Gasteiger charge is -2.42. The largest absolute Gasteiger partial charge is 0.595 e. The van der Waals surface area contributed by atoms with E-state index in [9.17, 15) is 20.0 Å². The summed E-state index contributed by atoms with van der Waals surface area (Å²) in [6.45, 7) is 2.09. The highest BCUT2D eigenvalue weighted by Crippen LogP contribution is 2.35. The van der Waals surface area contributed by atoms with Gasteiger partial charge in [-0.3, -0.25) is 9.59 Å². The molecule has 3 aromatic rings. The Kier molecular flexibility index (Phi) is 4.27. The minimum Gasteiger partial charge on any atom is -0.595 e. The summed E-state index contributed by atoms with van der Waals surface area (Å²) in [5.74, 6) is 0.482. The number of hydrogen-bond donors (Lipinski definition) is 2. The van der Waals surface area contributed by atoms with E-state index in [4.69, 9.17) is 0 Å². The molecule has 2 aliphatic rings. The first-order valence-corrected chi connectivity index (χ1v) is 9.80. The molecule has 0 radical (unpaired) electrons. The maximum absolute atomic E-state index is 13.1. The van der Waals surface area contributed by atoms with Crippen LogP contribution in [0.5, 0.6) is 0 Å². The summed E-state index contributed by atoms with van der Waals surface area (Å²) in [7, 11) is 0. The van der Waals surface area contributed by atoms with Gasteiger partial charge in [-0.2, -0.15) is 5.23 Å². The lowest BCUT2D eigenvalue weighted by atomic mass is 9.83. The van der Waals surface area contributed by atoms with Crippen LogP contribution in [0.4, 0.5) is 5.69 Å². The Morgan fingerprint density at radius 3 is 2.79 bits per heavy atom. The molecule has 2 aromatic heterocycles. The van der Waals surface area contributed by atoms with Gasteiger partial charge in [-0.05, 0) is 30.5 Å². The highest BCUT2D eigenvalue weighted by atomic mass is 16.8. The first-order chi connectivity index (χ1) is 14.0. The van der Waals surface area contributed by atoms with Crippen molar-refractivity contribution in [1.82, 2.24) is 14.0 Å². The van der Waals surface area contributed by atoms with Crippen molar-refractivity contribution in [3.63, 3.8) is 0 Å². The third kappa shape index (κ3) is 3.05. The van der Waals surface area contributed by atoms with Crippen molar-refractivity contribution in [1.29, 1.82) is 0 Å². The number of rotatable bonds is 3. The Morgan fingerprint density at radius 1 is 1.14 bits per heavy atom.